The predicted octanol–water partition coefficient (Wildman–Crippen LogP) is 6.39. The monoisotopic (exact) mass is 467 g/mol. The molecule has 8 heteroatoms. The van der Waals surface area contributed by atoms with E-state index >= 15 is 0 Å². The molecule has 0 unspecified atom stereocenters. The lowest BCUT2D eigenvalue weighted by Crippen LogP contribution is -2.30. The number of rotatable bonds is 9. The largest absolute Gasteiger partial charge is 0.494 e. The van der Waals surface area contributed by atoms with E-state index in [0.717, 1.165) is 42.2 Å². The molecule has 0 aliphatic heterocycles. The SMILES string of the molecule is CCCCCOc1cccc(C(=O)N(Cc2cccnc2)c2nc3c(F)cc(F)cc3s2)c1. The van der Waals surface area contributed by atoms with Crippen LogP contribution in [-0.2, 0) is 6.54 Å². The smallest absolute Gasteiger partial charge is 0.260 e. The average molecular weight is 468 g/mol. The van der Waals surface area contributed by atoms with Gasteiger partial charge in [0.15, 0.2) is 10.9 Å². The normalized spacial score (nSPS) is 11.0. The first kappa shape index (κ1) is 22.8. The zero-order chi connectivity index (χ0) is 23.2. The van der Waals surface area contributed by atoms with Gasteiger partial charge in [0.05, 0.1) is 17.9 Å². The Labute approximate surface area is 194 Å². The minimum atomic E-state index is -0.760. The maximum atomic E-state index is 14.3. The molecule has 0 aliphatic carbocycles. The van der Waals surface area contributed by atoms with E-state index in [9.17, 15) is 13.6 Å². The lowest BCUT2D eigenvalue weighted by molar-refractivity contribution is 0.0984. The molecular formula is C25H23F2N3O2S. The van der Waals surface area contributed by atoms with Gasteiger partial charge in [-0.05, 0) is 42.3 Å². The Balaban J connectivity index is 1.67. The molecule has 33 heavy (non-hydrogen) atoms. The van der Waals surface area contributed by atoms with Crippen molar-refractivity contribution in [2.45, 2.75) is 32.7 Å². The molecule has 4 rings (SSSR count). The molecule has 0 atom stereocenters. The number of unbranched alkanes of at least 4 members (excludes halogenated alkanes) is 2. The summed E-state index contributed by atoms with van der Waals surface area (Å²) in [5.41, 5.74) is 1.23. The highest BCUT2D eigenvalue weighted by atomic mass is 32.1. The van der Waals surface area contributed by atoms with Crippen LogP contribution in [0.2, 0.25) is 0 Å². The molecule has 2 heterocycles. The van der Waals surface area contributed by atoms with E-state index in [1.54, 1.807) is 36.7 Å². The number of carbonyl (C=O) groups is 1. The van der Waals surface area contributed by atoms with Gasteiger partial charge >= 0.3 is 0 Å². The first-order valence-electron chi connectivity index (χ1n) is 10.7. The standard InChI is InChI=1S/C25H23F2N3O2S/c1-2-3-4-11-32-20-9-5-8-18(12-20)24(31)30(16-17-7-6-10-28-15-17)25-29-23-21(27)13-19(26)14-22(23)33-25/h5-10,12-15H,2-4,11,16H2,1H3. The minimum Gasteiger partial charge on any atom is -0.494 e. The average Bonchev–Trinajstić information content (AvgIpc) is 3.25. The summed E-state index contributed by atoms with van der Waals surface area (Å²) in [4.78, 5) is 23.4. The van der Waals surface area contributed by atoms with Crippen molar-refractivity contribution in [3.05, 3.63) is 83.7 Å². The molecule has 0 saturated carbocycles. The van der Waals surface area contributed by atoms with Crippen LogP contribution in [0, 0.1) is 11.6 Å². The second-order valence-electron chi connectivity index (χ2n) is 7.57. The van der Waals surface area contributed by atoms with Gasteiger partial charge in [-0.15, -0.1) is 0 Å². The Kier molecular flexibility index (Phi) is 7.24. The van der Waals surface area contributed by atoms with E-state index in [2.05, 4.69) is 16.9 Å². The molecule has 1 amide bonds. The van der Waals surface area contributed by atoms with Crippen LogP contribution in [0.5, 0.6) is 5.75 Å². The van der Waals surface area contributed by atoms with Crippen molar-refractivity contribution in [1.29, 1.82) is 0 Å². The number of aromatic nitrogens is 2. The second kappa shape index (κ2) is 10.5. The molecule has 5 nitrogen and oxygen atoms in total. The number of amides is 1. The Morgan fingerprint density at radius 1 is 1.12 bits per heavy atom. The van der Waals surface area contributed by atoms with E-state index in [1.807, 2.05) is 12.1 Å². The third kappa shape index (κ3) is 5.51. The van der Waals surface area contributed by atoms with Gasteiger partial charge in [0.25, 0.3) is 5.91 Å². The Bertz CT molecular complexity index is 1250. The first-order chi connectivity index (χ1) is 16.0. The number of benzene rings is 2. The zero-order valence-electron chi connectivity index (χ0n) is 18.1. The van der Waals surface area contributed by atoms with Gasteiger partial charge in [0, 0.05) is 24.0 Å². The number of carbonyl (C=O) groups excluding carboxylic acids is 1. The van der Waals surface area contributed by atoms with Gasteiger partial charge < -0.3 is 4.74 Å². The Morgan fingerprint density at radius 2 is 2.00 bits per heavy atom. The van der Waals surface area contributed by atoms with Gasteiger partial charge in [-0.2, -0.15) is 0 Å². The van der Waals surface area contributed by atoms with Crippen LogP contribution in [0.3, 0.4) is 0 Å². The van der Waals surface area contributed by atoms with E-state index < -0.39 is 11.6 Å². The van der Waals surface area contributed by atoms with Crippen molar-refractivity contribution in [3.8, 4) is 5.75 Å². The fourth-order valence-corrected chi connectivity index (χ4v) is 4.38. The van der Waals surface area contributed by atoms with Crippen LogP contribution in [0.25, 0.3) is 10.2 Å². The number of fused-ring (bicyclic) bond motifs is 1. The molecule has 0 fully saturated rings. The summed E-state index contributed by atoms with van der Waals surface area (Å²) in [6, 6.07) is 12.6. The van der Waals surface area contributed by atoms with Gasteiger partial charge in [-0.25, -0.2) is 13.8 Å². The number of hydrogen-bond donors (Lipinski definition) is 0. The number of halogens is 2. The topological polar surface area (TPSA) is 55.3 Å². The molecule has 0 radical (unpaired) electrons. The molecule has 4 aromatic rings. The number of nitrogens with zero attached hydrogens (tertiary/aromatic N) is 3. The van der Waals surface area contributed by atoms with Crippen LogP contribution < -0.4 is 9.64 Å². The summed E-state index contributed by atoms with van der Waals surface area (Å²) in [5, 5.41) is 0.276. The van der Waals surface area contributed by atoms with Crippen molar-refractivity contribution in [2.24, 2.45) is 0 Å². The number of pyridine rings is 1. The summed E-state index contributed by atoms with van der Waals surface area (Å²) in [7, 11) is 0. The minimum absolute atomic E-state index is 0.0356. The maximum absolute atomic E-state index is 14.3. The van der Waals surface area contributed by atoms with Crippen LogP contribution in [0.15, 0.2) is 60.9 Å². The molecule has 0 saturated heterocycles. The Morgan fingerprint density at radius 3 is 2.79 bits per heavy atom. The van der Waals surface area contributed by atoms with E-state index in [-0.39, 0.29) is 23.1 Å². The number of ether oxygens (including phenoxy) is 1. The van der Waals surface area contributed by atoms with Gasteiger partial charge in [0.2, 0.25) is 0 Å². The number of anilines is 1. The summed E-state index contributed by atoms with van der Waals surface area (Å²) in [6.45, 7) is 2.88. The number of hydrogen-bond acceptors (Lipinski definition) is 5. The van der Waals surface area contributed by atoms with Crippen molar-refractivity contribution >= 4 is 32.6 Å². The van der Waals surface area contributed by atoms with Gasteiger partial charge in [0.1, 0.15) is 17.1 Å². The molecular weight excluding hydrogens is 444 g/mol. The van der Waals surface area contributed by atoms with E-state index in [1.165, 1.54) is 11.0 Å². The highest BCUT2D eigenvalue weighted by molar-refractivity contribution is 7.22. The second-order valence-corrected chi connectivity index (χ2v) is 8.58. The van der Waals surface area contributed by atoms with Crippen LogP contribution >= 0.6 is 11.3 Å². The molecule has 0 N–H and O–H groups in total. The van der Waals surface area contributed by atoms with Crippen LogP contribution in [0.1, 0.15) is 42.1 Å². The van der Waals surface area contributed by atoms with Crippen LogP contribution in [0.4, 0.5) is 13.9 Å². The van der Waals surface area contributed by atoms with E-state index in [0.29, 0.717) is 22.6 Å². The zero-order valence-corrected chi connectivity index (χ0v) is 18.9. The lowest BCUT2D eigenvalue weighted by atomic mass is 10.1. The van der Waals surface area contributed by atoms with Crippen molar-refractivity contribution in [3.63, 3.8) is 0 Å². The fraction of sp³-hybridized carbons (Fsp3) is 0.240. The molecule has 0 spiro atoms. The van der Waals surface area contributed by atoms with Gasteiger partial charge in [-0.1, -0.05) is 43.2 Å². The summed E-state index contributed by atoms with van der Waals surface area (Å²) < 4.78 is 34.1. The third-order valence-electron chi connectivity index (χ3n) is 5.04. The van der Waals surface area contributed by atoms with Gasteiger partial charge in [-0.3, -0.25) is 14.7 Å². The van der Waals surface area contributed by atoms with E-state index in [4.69, 9.17) is 4.74 Å². The van der Waals surface area contributed by atoms with Crippen LogP contribution in [-0.4, -0.2) is 22.5 Å². The Hall–Kier alpha value is -3.39. The molecule has 170 valence electrons. The molecule has 0 aliphatic rings. The molecule has 0 bridgehead atoms. The third-order valence-corrected chi connectivity index (χ3v) is 6.06. The first-order valence-corrected chi connectivity index (χ1v) is 11.6. The quantitative estimate of drug-likeness (QED) is 0.268. The highest BCUT2D eigenvalue weighted by Gasteiger charge is 2.23. The molecule has 2 aromatic carbocycles. The van der Waals surface area contributed by atoms with Crippen molar-refractivity contribution in [1.82, 2.24) is 9.97 Å². The highest BCUT2D eigenvalue weighted by Crippen LogP contribution is 2.33. The van der Waals surface area contributed by atoms with Crippen molar-refractivity contribution in [2.75, 3.05) is 11.5 Å². The summed E-state index contributed by atoms with van der Waals surface area (Å²) >= 11 is 1.06. The van der Waals surface area contributed by atoms with Crippen molar-refractivity contribution < 1.29 is 18.3 Å². The number of thiazole rings is 1. The maximum Gasteiger partial charge on any atom is 0.260 e. The predicted molar refractivity (Wildman–Crippen MR) is 126 cm³/mol. The lowest BCUT2D eigenvalue weighted by Gasteiger charge is -2.20. The fourth-order valence-electron chi connectivity index (χ4n) is 3.38. The molecule has 2 aromatic heterocycles. The summed E-state index contributed by atoms with van der Waals surface area (Å²) in [6.07, 6.45) is 6.41. The summed E-state index contributed by atoms with van der Waals surface area (Å²) in [5.74, 6) is -1.16.